The van der Waals surface area contributed by atoms with Crippen molar-refractivity contribution in [3.8, 4) is 41.0 Å². The smallest absolute Gasteiger partial charge is 0.319 e. The molecule has 5 heterocycles. The molecule has 1 aliphatic carbocycles. The number of phenols is 1. The molecule has 3 aromatic carbocycles. The monoisotopic (exact) mass is 671 g/mol. The van der Waals surface area contributed by atoms with Gasteiger partial charge in [0.2, 0.25) is 0 Å². The van der Waals surface area contributed by atoms with Crippen molar-refractivity contribution in [1.82, 2.24) is 20.2 Å². The third-order valence-electron chi connectivity index (χ3n) is 10.9. The largest absolute Gasteiger partial charge is 0.508 e. The first-order valence-electron chi connectivity index (χ1n) is 16.9. The van der Waals surface area contributed by atoms with Crippen LogP contribution in [-0.4, -0.2) is 82.7 Å². The first-order chi connectivity index (χ1) is 23.3. The molecule has 8 nitrogen and oxygen atoms in total. The molecule has 4 atom stereocenters. The quantitative estimate of drug-likeness (QED) is 0.220. The summed E-state index contributed by atoms with van der Waals surface area (Å²) < 4.78 is 42.9. The van der Waals surface area contributed by atoms with E-state index in [1.807, 2.05) is 6.07 Å². The van der Waals surface area contributed by atoms with Gasteiger partial charge < -0.3 is 24.8 Å². The van der Waals surface area contributed by atoms with E-state index >= 15 is 4.39 Å². The van der Waals surface area contributed by atoms with Gasteiger partial charge in [-0.05, 0) is 80.3 Å². The highest BCUT2D eigenvalue weighted by atomic mass is 35.5. The molecular formula is C37H36ClF2N5O3. The molecule has 0 radical (unpaired) electrons. The second-order valence-corrected chi connectivity index (χ2v) is 14.6. The number of nitrogens with zero attached hydrogens (tertiary/aromatic N) is 4. The Balaban J connectivity index is 1.26. The first-order valence-corrected chi connectivity index (χ1v) is 17.3. The number of terminal acetylenes is 1. The third kappa shape index (κ3) is 5.01. The fourth-order valence-electron chi connectivity index (χ4n) is 8.57. The number of rotatable bonds is 7. The van der Waals surface area contributed by atoms with Gasteiger partial charge in [0.15, 0.2) is 5.75 Å². The topological polar surface area (TPSA) is 83.0 Å². The average Bonchev–Trinajstić information content (AvgIpc) is 3.59. The summed E-state index contributed by atoms with van der Waals surface area (Å²) >= 11 is 7.21. The van der Waals surface area contributed by atoms with Crippen molar-refractivity contribution in [3.63, 3.8) is 0 Å². The normalized spacial score (nSPS) is 26.7. The van der Waals surface area contributed by atoms with Gasteiger partial charge in [0.1, 0.15) is 35.7 Å². The minimum absolute atomic E-state index is 0.0209. The van der Waals surface area contributed by atoms with Crippen molar-refractivity contribution in [3.05, 3.63) is 46.7 Å². The zero-order valence-electron chi connectivity index (χ0n) is 26.4. The average molecular weight is 672 g/mol. The molecule has 0 spiro atoms. The van der Waals surface area contributed by atoms with E-state index in [0.29, 0.717) is 74.4 Å². The van der Waals surface area contributed by atoms with Gasteiger partial charge in [-0.3, -0.25) is 4.90 Å². The molecule has 4 aliphatic heterocycles. The zero-order valence-corrected chi connectivity index (χ0v) is 27.2. The number of benzene rings is 3. The first kappa shape index (κ1) is 30.2. The molecule has 4 aromatic rings. The predicted octanol–water partition coefficient (Wildman–Crippen LogP) is 6.37. The Labute approximate surface area is 282 Å². The van der Waals surface area contributed by atoms with Crippen LogP contribution in [0.15, 0.2) is 30.3 Å². The summed E-state index contributed by atoms with van der Waals surface area (Å²) in [5.74, 6) is 3.06. The number of hydrogen-bond acceptors (Lipinski definition) is 8. The molecule has 11 heteroatoms. The number of halogens is 3. The number of aromatic nitrogens is 2. The Kier molecular flexibility index (Phi) is 7.12. The van der Waals surface area contributed by atoms with Crippen LogP contribution in [0, 0.1) is 18.2 Å². The second-order valence-electron chi connectivity index (χ2n) is 14.2. The van der Waals surface area contributed by atoms with E-state index in [9.17, 15) is 9.50 Å². The van der Waals surface area contributed by atoms with E-state index in [0.717, 1.165) is 58.2 Å². The van der Waals surface area contributed by atoms with E-state index in [2.05, 4.69) is 21.0 Å². The highest BCUT2D eigenvalue weighted by Crippen LogP contribution is 2.50. The van der Waals surface area contributed by atoms with Crippen molar-refractivity contribution in [2.24, 2.45) is 0 Å². The number of nitrogens with one attached hydrogen (secondary N) is 1. The lowest BCUT2D eigenvalue weighted by atomic mass is 9.92. The Morgan fingerprint density at radius 3 is 2.69 bits per heavy atom. The van der Waals surface area contributed by atoms with E-state index < -0.39 is 12.0 Å². The molecule has 9 rings (SSSR count). The van der Waals surface area contributed by atoms with E-state index in [1.165, 1.54) is 6.07 Å². The molecule has 48 heavy (non-hydrogen) atoms. The summed E-state index contributed by atoms with van der Waals surface area (Å²) in [6, 6.07) is 8.70. The molecule has 248 valence electrons. The molecular weight excluding hydrogens is 636 g/mol. The summed E-state index contributed by atoms with van der Waals surface area (Å²) in [5.41, 5.74) is 1.12. The second kappa shape index (κ2) is 11.3. The summed E-state index contributed by atoms with van der Waals surface area (Å²) in [7, 11) is 0. The van der Waals surface area contributed by atoms with Gasteiger partial charge >= 0.3 is 6.01 Å². The van der Waals surface area contributed by atoms with E-state index in [4.69, 9.17) is 37.5 Å². The Morgan fingerprint density at radius 1 is 1.10 bits per heavy atom. The van der Waals surface area contributed by atoms with Crippen molar-refractivity contribution < 1.29 is 23.4 Å². The standard InChI is InChI=1S/C37H36ClF2N5O3/c1-2-26-30(40)9-4-20-12-24(46)13-27(31(20)26)32-29(38)14-28-33(34(32)48-25-7-8-25)42-36(43-35(28)44-17-22-5-6-23(18-44)41-22)47-19-37-10-3-11-45(37)16-21(39)15-37/h1,4,9,12-14,21-23,25,41,46H,3,5-8,10-11,15-19H2/t21-,22-,23+,37+/m1/s1. The van der Waals surface area contributed by atoms with Crippen molar-refractivity contribution in [1.29, 1.82) is 0 Å². The summed E-state index contributed by atoms with van der Waals surface area (Å²) in [5, 5.41) is 16.6. The lowest BCUT2D eigenvalue weighted by molar-refractivity contribution is 0.107. The number of ether oxygens (including phenoxy) is 2. The molecule has 5 aliphatic rings. The zero-order chi connectivity index (χ0) is 32.7. The molecule has 2 N–H and O–H groups in total. The SMILES string of the molecule is C#Cc1c(F)ccc2cc(O)cc(-c3c(Cl)cc4c(N5C[C@H]6CC[C@@H](C5)N6)nc(OC[C@@]56CCCN5C[C@H](F)C6)nc4c3OC3CC3)c12. The van der Waals surface area contributed by atoms with Gasteiger partial charge in [-0.15, -0.1) is 6.42 Å². The van der Waals surface area contributed by atoms with Crippen LogP contribution in [0.2, 0.25) is 5.02 Å². The van der Waals surface area contributed by atoms with Gasteiger partial charge in [0.05, 0.1) is 22.2 Å². The third-order valence-corrected chi connectivity index (χ3v) is 11.2. The highest BCUT2D eigenvalue weighted by molar-refractivity contribution is 6.35. The summed E-state index contributed by atoms with van der Waals surface area (Å²) in [4.78, 5) is 14.5. The maximum Gasteiger partial charge on any atom is 0.319 e. The number of piperazine rings is 1. The molecule has 4 saturated heterocycles. The summed E-state index contributed by atoms with van der Waals surface area (Å²) in [6.07, 6.45) is 11.1. The predicted molar refractivity (Wildman–Crippen MR) is 181 cm³/mol. The number of alkyl halides is 1. The van der Waals surface area contributed by atoms with Gasteiger partial charge in [0.25, 0.3) is 0 Å². The van der Waals surface area contributed by atoms with Crippen LogP contribution in [0.25, 0.3) is 32.8 Å². The molecule has 0 unspecified atom stereocenters. The van der Waals surface area contributed by atoms with Crippen LogP contribution >= 0.6 is 11.6 Å². The Morgan fingerprint density at radius 2 is 1.92 bits per heavy atom. The fraction of sp³-hybridized carbons (Fsp3) is 0.459. The van der Waals surface area contributed by atoms with Crippen LogP contribution in [0.5, 0.6) is 17.5 Å². The molecule has 2 bridgehead atoms. The molecule has 1 saturated carbocycles. The molecule has 0 amide bonds. The van der Waals surface area contributed by atoms with Gasteiger partial charge in [-0.1, -0.05) is 23.6 Å². The number of hydrogen-bond donors (Lipinski definition) is 2. The minimum atomic E-state index is -0.878. The highest BCUT2D eigenvalue weighted by Gasteiger charge is 2.49. The van der Waals surface area contributed by atoms with Gasteiger partial charge in [-0.2, -0.15) is 9.97 Å². The van der Waals surface area contributed by atoms with Crippen LogP contribution in [0.3, 0.4) is 0 Å². The van der Waals surface area contributed by atoms with Crippen LogP contribution in [-0.2, 0) is 0 Å². The van der Waals surface area contributed by atoms with Crippen molar-refractivity contribution >= 4 is 39.1 Å². The molecule has 1 aromatic heterocycles. The maximum absolute atomic E-state index is 15.2. The van der Waals surface area contributed by atoms with Crippen LogP contribution in [0.4, 0.5) is 14.6 Å². The van der Waals surface area contributed by atoms with Crippen LogP contribution < -0.4 is 19.7 Å². The van der Waals surface area contributed by atoms with Crippen molar-refractivity contribution in [2.75, 3.05) is 37.7 Å². The van der Waals surface area contributed by atoms with Crippen molar-refractivity contribution in [2.45, 2.75) is 74.8 Å². The minimum Gasteiger partial charge on any atom is -0.508 e. The van der Waals surface area contributed by atoms with E-state index in [-0.39, 0.29) is 35.6 Å². The summed E-state index contributed by atoms with van der Waals surface area (Å²) in [6.45, 7) is 3.10. The Bertz CT molecular complexity index is 2010. The van der Waals surface area contributed by atoms with E-state index in [1.54, 1.807) is 18.2 Å². The number of phenolic OH excluding ortho intramolecular Hbond substituents is 1. The fourth-order valence-corrected chi connectivity index (χ4v) is 8.87. The Hall–Kier alpha value is -3.91. The number of aromatic hydroxyl groups is 1. The van der Waals surface area contributed by atoms with Gasteiger partial charge in [0, 0.05) is 54.5 Å². The number of fused-ring (bicyclic) bond motifs is 5. The maximum atomic E-state index is 15.2. The molecule has 5 fully saturated rings. The lowest BCUT2D eigenvalue weighted by Crippen LogP contribution is -2.51. The lowest BCUT2D eigenvalue weighted by Gasteiger charge is -2.35. The van der Waals surface area contributed by atoms with Crippen LogP contribution in [0.1, 0.15) is 50.5 Å². The number of anilines is 1. The van der Waals surface area contributed by atoms with Gasteiger partial charge in [-0.25, -0.2) is 8.78 Å².